The Morgan fingerprint density at radius 3 is 2.74 bits per heavy atom. The Labute approximate surface area is 140 Å². The van der Waals surface area contributed by atoms with Crippen molar-refractivity contribution in [2.24, 2.45) is 0 Å². The number of halogens is 1. The molecule has 6 heteroatoms. The zero-order valence-electron chi connectivity index (χ0n) is 13.2. The molecule has 0 saturated carbocycles. The van der Waals surface area contributed by atoms with Gasteiger partial charge in [-0.05, 0) is 42.8 Å². The average Bonchev–Trinajstić information content (AvgIpc) is 2.52. The smallest absolute Gasteiger partial charge is 0.253 e. The van der Waals surface area contributed by atoms with E-state index in [9.17, 15) is 4.79 Å². The number of rotatable bonds is 6. The maximum absolute atomic E-state index is 12.3. The number of aryl methyl sites for hydroxylation is 1. The van der Waals surface area contributed by atoms with Gasteiger partial charge in [0, 0.05) is 30.1 Å². The highest BCUT2D eigenvalue weighted by Crippen LogP contribution is 2.26. The molecule has 0 spiro atoms. The summed E-state index contributed by atoms with van der Waals surface area (Å²) in [5, 5.41) is 6.66. The average molecular weight is 334 g/mol. The van der Waals surface area contributed by atoms with E-state index in [1.54, 1.807) is 25.3 Å². The Hall–Kier alpha value is -2.24. The molecule has 0 atom stereocenters. The normalized spacial score (nSPS) is 10.4. The number of anilines is 3. The number of nitrogens with two attached hydrogens (primary N) is 1. The molecule has 2 aromatic rings. The number of ether oxygens (including phenoxy) is 1. The van der Waals surface area contributed by atoms with Crippen molar-refractivity contribution in [3.63, 3.8) is 0 Å². The highest BCUT2D eigenvalue weighted by atomic mass is 35.5. The molecule has 0 fully saturated rings. The Balaban J connectivity index is 2.23. The summed E-state index contributed by atoms with van der Waals surface area (Å²) in [6, 6.07) is 10.8. The third-order valence-corrected chi connectivity index (χ3v) is 3.74. The first-order valence-corrected chi connectivity index (χ1v) is 7.59. The quantitative estimate of drug-likeness (QED) is 0.559. The minimum absolute atomic E-state index is 0.213. The monoisotopic (exact) mass is 333 g/mol. The lowest BCUT2D eigenvalue weighted by Crippen LogP contribution is -2.27. The van der Waals surface area contributed by atoms with Crippen molar-refractivity contribution in [1.82, 2.24) is 5.32 Å². The van der Waals surface area contributed by atoms with Gasteiger partial charge in [-0.15, -0.1) is 0 Å². The number of nitrogen functional groups attached to an aromatic ring is 1. The van der Waals surface area contributed by atoms with Crippen LogP contribution in [0.15, 0.2) is 36.4 Å². The molecule has 2 aromatic carbocycles. The molecule has 0 aliphatic rings. The Kier molecular flexibility index (Phi) is 5.84. The summed E-state index contributed by atoms with van der Waals surface area (Å²) in [7, 11) is 1.58. The van der Waals surface area contributed by atoms with E-state index < -0.39 is 0 Å². The van der Waals surface area contributed by atoms with Crippen molar-refractivity contribution in [3.05, 3.63) is 52.5 Å². The first-order chi connectivity index (χ1) is 11.0. The number of benzene rings is 2. The number of hydrogen-bond donors (Lipinski definition) is 3. The molecular weight excluding hydrogens is 314 g/mol. The van der Waals surface area contributed by atoms with Gasteiger partial charge in [0.1, 0.15) is 0 Å². The fraction of sp³-hybridized carbons (Fsp3) is 0.235. The molecule has 0 heterocycles. The van der Waals surface area contributed by atoms with Crippen molar-refractivity contribution >= 4 is 34.6 Å². The summed E-state index contributed by atoms with van der Waals surface area (Å²) < 4.78 is 4.93. The maximum Gasteiger partial charge on any atom is 0.253 e. The minimum Gasteiger partial charge on any atom is -0.399 e. The minimum atomic E-state index is -0.213. The fourth-order valence-electron chi connectivity index (χ4n) is 2.05. The zero-order chi connectivity index (χ0) is 16.8. The predicted octanol–water partition coefficient (Wildman–Crippen LogP) is 3.35. The van der Waals surface area contributed by atoms with Gasteiger partial charge in [0.25, 0.3) is 5.91 Å². The standard InChI is InChI=1S/C17H20ClN3O2/c1-11-3-5-13(10-15(11)18)21-16-6-4-12(19)9-14(16)17(22)20-7-8-23-2/h3-6,9-10,21H,7-8,19H2,1-2H3,(H,20,22). The molecule has 23 heavy (non-hydrogen) atoms. The Morgan fingerprint density at radius 1 is 1.26 bits per heavy atom. The second kappa shape index (κ2) is 7.85. The molecule has 5 nitrogen and oxygen atoms in total. The van der Waals surface area contributed by atoms with Crippen molar-refractivity contribution in [3.8, 4) is 0 Å². The van der Waals surface area contributed by atoms with Crippen LogP contribution in [0, 0.1) is 6.92 Å². The molecule has 4 N–H and O–H groups in total. The van der Waals surface area contributed by atoms with Gasteiger partial charge in [0.15, 0.2) is 0 Å². The van der Waals surface area contributed by atoms with E-state index >= 15 is 0 Å². The zero-order valence-corrected chi connectivity index (χ0v) is 13.9. The summed E-state index contributed by atoms with van der Waals surface area (Å²) in [5.74, 6) is -0.213. The van der Waals surface area contributed by atoms with Crippen LogP contribution in [-0.2, 0) is 4.74 Å². The van der Waals surface area contributed by atoms with Gasteiger partial charge in [-0.1, -0.05) is 17.7 Å². The number of carbonyl (C=O) groups is 1. The van der Waals surface area contributed by atoms with Gasteiger partial charge < -0.3 is 21.1 Å². The summed E-state index contributed by atoms with van der Waals surface area (Å²) >= 11 is 6.14. The lowest BCUT2D eigenvalue weighted by Gasteiger charge is -2.14. The summed E-state index contributed by atoms with van der Waals surface area (Å²) in [6.45, 7) is 2.81. The van der Waals surface area contributed by atoms with Crippen LogP contribution in [0.2, 0.25) is 5.02 Å². The Bertz CT molecular complexity index is 704. The number of carbonyl (C=O) groups excluding carboxylic acids is 1. The summed E-state index contributed by atoms with van der Waals surface area (Å²) in [4.78, 5) is 12.3. The van der Waals surface area contributed by atoms with Crippen molar-refractivity contribution in [2.75, 3.05) is 31.3 Å². The van der Waals surface area contributed by atoms with Gasteiger partial charge in [-0.2, -0.15) is 0 Å². The van der Waals surface area contributed by atoms with Crippen LogP contribution < -0.4 is 16.4 Å². The molecule has 0 unspecified atom stereocenters. The third-order valence-electron chi connectivity index (χ3n) is 3.33. The van der Waals surface area contributed by atoms with Crippen LogP contribution in [0.1, 0.15) is 15.9 Å². The van der Waals surface area contributed by atoms with Crippen LogP contribution >= 0.6 is 11.6 Å². The second-order valence-electron chi connectivity index (χ2n) is 5.14. The lowest BCUT2D eigenvalue weighted by molar-refractivity contribution is 0.0938. The largest absolute Gasteiger partial charge is 0.399 e. The van der Waals surface area contributed by atoms with Crippen LogP contribution in [0.25, 0.3) is 0 Å². The van der Waals surface area contributed by atoms with Gasteiger partial charge in [-0.3, -0.25) is 4.79 Å². The van der Waals surface area contributed by atoms with Crippen molar-refractivity contribution < 1.29 is 9.53 Å². The van der Waals surface area contributed by atoms with Crippen molar-refractivity contribution in [1.29, 1.82) is 0 Å². The van der Waals surface area contributed by atoms with Crippen molar-refractivity contribution in [2.45, 2.75) is 6.92 Å². The highest BCUT2D eigenvalue weighted by molar-refractivity contribution is 6.31. The third kappa shape index (κ3) is 4.61. The summed E-state index contributed by atoms with van der Waals surface area (Å²) in [5.41, 5.74) is 9.25. The molecule has 0 aromatic heterocycles. The van der Waals surface area contributed by atoms with Crippen LogP contribution in [0.5, 0.6) is 0 Å². The van der Waals surface area contributed by atoms with Crippen LogP contribution in [0.3, 0.4) is 0 Å². The van der Waals surface area contributed by atoms with Crippen LogP contribution in [-0.4, -0.2) is 26.2 Å². The number of amides is 1. The van der Waals surface area contributed by atoms with E-state index in [2.05, 4.69) is 10.6 Å². The summed E-state index contributed by atoms with van der Waals surface area (Å²) in [6.07, 6.45) is 0. The first kappa shape index (κ1) is 17.1. The lowest BCUT2D eigenvalue weighted by atomic mass is 10.1. The van der Waals surface area contributed by atoms with Gasteiger partial charge in [0.2, 0.25) is 0 Å². The topological polar surface area (TPSA) is 76.4 Å². The SMILES string of the molecule is COCCNC(=O)c1cc(N)ccc1Nc1ccc(C)c(Cl)c1. The van der Waals surface area contributed by atoms with Gasteiger partial charge in [-0.25, -0.2) is 0 Å². The molecule has 0 aliphatic carbocycles. The molecule has 0 aliphatic heterocycles. The van der Waals surface area contributed by atoms with E-state index in [-0.39, 0.29) is 5.91 Å². The molecular formula is C17H20ClN3O2. The van der Waals surface area contributed by atoms with E-state index in [1.165, 1.54) is 0 Å². The number of methoxy groups -OCH3 is 1. The molecule has 0 radical (unpaired) electrons. The molecule has 0 bridgehead atoms. The van der Waals surface area contributed by atoms with Gasteiger partial charge >= 0.3 is 0 Å². The maximum atomic E-state index is 12.3. The highest BCUT2D eigenvalue weighted by Gasteiger charge is 2.12. The first-order valence-electron chi connectivity index (χ1n) is 7.21. The fourth-order valence-corrected chi connectivity index (χ4v) is 2.23. The molecule has 0 saturated heterocycles. The molecule has 122 valence electrons. The molecule has 1 amide bonds. The second-order valence-corrected chi connectivity index (χ2v) is 5.55. The Morgan fingerprint density at radius 2 is 2.04 bits per heavy atom. The van der Waals surface area contributed by atoms with E-state index in [1.807, 2.05) is 25.1 Å². The number of hydrogen-bond acceptors (Lipinski definition) is 4. The van der Waals surface area contributed by atoms with E-state index in [0.717, 1.165) is 11.3 Å². The molecule has 2 rings (SSSR count). The van der Waals surface area contributed by atoms with E-state index in [4.69, 9.17) is 22.1 Å². The number of nitrogens with one attached hydrogen (secondary N) is 2. The van der Waals surface area contributed by atoms with Crippen LogP contribution in [0.4, 0.5) is 17.1 Å². The predicted molar refractivity (Wildman–Crippen MR) is 94.5 cm³/mol. The van der Waals surface area contributed by atoms with Gasteiger partial charge in [0.05, 0.1) is 17.9 Å². The van der Waals surface area contributed by atoms with E-state index in [0.29, 0.717) is 35.1 Å².